The fourth-order valence-electron chi connectivity index (χ4n) is 3.94. The van der Waals surface area contributed by atoms with E-state index < -0.39 is 53.4 Å². The second kappa shape index (κ2) is 9.65. The van der Waals surface area contributed by atoms with Crippen LogP contribution in [0.3, 0.4) is 0 Å². The lowest BCUT2D eigenvalue weighted by atomic mass is 9.98. The first-order valence-electron chi connectivity index (χ1n) is 10.5. The van der Waals surface area contributed by atoms with Gasteiger partial charge >= 0.3 is 5.97 Å². The van der Waals surface area contributed by atoms with Crippen molar-refractivity contribution in [2.75, 3.05) is 5.75 Å². The van der Waals surface area contributed by atoms with Gasteiger partial charge in [-0.05, 0) is 18.1 Å². The Balaban J connectivity index is 1.54. The molecule has 5 atom stereocenters. The number of esters is 1. The van der Waals surface area contributed by atoms with Crippen LogP contribution >= 0.6 is 11.8 Å². The number of fused-ring (bicyclic) bond motifs is 1. The van der Waals surface area contributed by atoms with E-state index in [0.29, 0.717) is 0 Å². The number of β-lactam (4-membered cyclic amide) rings is 1. The van der Waals surface area contributed by atoms with E-state index in [1.54, 1.807) is 0 Å². The minimum atomic E-state index is -1.18. The van der Waals surface area contributed by atoms with E-state index in [0.717, 1.165) is 11.1 Å². The molecule has 2 N–H and O–H groups in total. The SMILES string of the molecule is CC(C#N)C(=O)N[C@@H]1C(=O)N2[C@@H]1SCC(O)[C@@H]2C(=O)OC(c1ccccc1)c1ccccc1. The number of ether oxygens (including phenoxy) is 1. The molecule has 2 aromatic rings. The minimum Gasteiger partial charge on any atom is -0.451 e. The van der Waals surface area contributed by atoms with E-state index >= 15 is 0 Å². The molecule has 0 spiro atoms. The topological polar surface area (TPSA) is 120 Å². The molecule has 8 nitrogen and oxygen atoms in total. The molecule has 170 valence electrons. The monoisotopic (exact) mass is 465 g/mol. The highest BCUT2D eigenvalue weighted by molar-refractivity contribution is 8.00. The summed E-state index contributed by atoms with van der Waals surface area (Å²) in [6, 6.07) is 18.3. The second-order valence-electron chi connectivity index (χ2n) is 7.96. The summed E-state index contributed by atoms with van der Waals surface area (Å²) in [5.41, 5.74) is 1.53. The molecule has 2 heterocycles. The quantitative estimate of drug-likeness (QED) is 0.491. The second-order valence-corrected chi connectivity index (χ2v) is 9.11. The van der Waals surface area contributed by atoms with Crippen molar-refractivity contribution in [2.24, 2.45) is 5.92 Å². The molecule has 2 aliphatic rings. The maximum atomic E-state index is 13.3. The molecule has 2 aliphatic heterocycles. The number of hydrogen-bond acceptors (Lipinski definition) is 7. The fraction of sp³-hybridized carbons (Fsp3) is 0.333. The van der Waals surface area contributed by atoms with Gasteiger partial charge in [-0.3, -0.25) is 9.59 Å². The third kappa shape index (κ3) is 4.45. The van der Waals surface area contributed by atoms with Crippen molar-refractivity contribution < 1.29 is 24.2 Å². The van der Waals surface area contributed by atoms with Gasteiger partial charge in [0, 0.05) is 5.75 Å². The van der Waals surface area contributed by atoms with Gasteiger partial charge < -0.3 is 20.1 Å². The Bertz CT molecular complexity index is 1040. The van der Waals surface area contributed by atoms with Crippen molar-refractivity contribution in [2.45, 2.75) is 36.6 Å². The zero-order valence-electron chi connectivity index (χ0n) is 17.8. The van der Waals surface area contributed by atoms with Crippen LogP contribution in [0.25, 0.3) is 0 Å². The number of aliphatic hydroxyl groups excluding tert-OH is 1. The average Bonchev–Trinajstić information content (AvgIpc) is 2.85. The van der Waals surface area contributed by atoms with Crippen molar-refractivity contribution in [3.8, 4) is 6.07 Å². The van der Waals surface area contributed by atoms with Crippen LogP contribution in [0.1, 0.15) is 24.2 Å². The van der Waals surface area contributed by atoms with E-state index in [4.69, 9.17) is 10.00 Å². The van der Waals surface area contributed by atoms with E-state index in [1.165, 1.54) is 23.6 Å². The molecule has 2 amide bonds. The van der Waals surface area contributed by atoms with Gasteiger partial charge in [-0.25, -0.2) is 4.79 Å². The van der Waals surface area contributed by atoms with Crippen LogP contribution in [0.15, 0.2) is 60.7 Å². The molecule has 0 aromatic heterocycles. The molecule has 2 unspecified atom stereocenters. The van der Waals surface area contributed by atoms with Crippen LogP contribution in [0.5, 0.6) is 0 Å². The number of aliphatic hydroxyl groups is 1. The minimum absolute atomic E-state index is 0.204. The normalized spacial score (nSPS) is 24.8. The van der Waals surface area contributed by atoms with Crippen LogP contribution in [0.2, 0.25) is 0 Å². The molecule has 0 aliphatic carbocycles. The first-order chi connectivity index (χ1) is 15.9. The third-order valence-corrected chi connectivity index (χ3v) is 7.12. The van der Waals surface area contributed by atoms with Gasteiger partial charge in [-0.2, -0.15) is 5.26 Å². The van der Waals surface area contributed by atoms with Gasteiger partial charge in [0.15, 0.2) is 12.1 Å². The number of nitriles is 1. The molecule has 0 bridgehead atoms. The first kappa shape index (κ1) is 22.8. The highest BCUT2D eigenvalue weighted by Gasteiger charge is 2.58. The van der Waals surface area contributed by atoms with E-state index in [-0.39, 0.29) is 5.75 Å². The summed E-state index contributed by atoms with van der Waals surface area (Å²) in [6.07, 6.45) is -1.81. The Morgan fingerprint density at radius 3 is 2.27 bits per heavy atom. The smallest absolute Gasteiger partial charge is 0.332 e. The predicted molar refractivity (Wildman–Crippen MR) is 120 cm³/mol. The fourth-order valence-corrected chi connectivity index (χ4v) is 5.29. The molecular weight excluding hydrogens is 442 g/mol. The number of carbonyl (C=O) groups is 3. The zero-order chi connectivity index (χ0) is 23.5. The van der Waals surface area contributed by atoms with Gasteiger partial charge in [0.05, 0.1) is 12.2 Å². The summed E-state index contributed by atoms with van der Waals surface area (Å²) in [5.74, 6) is -2.44. The maximum absolute atomic E-state index is 13.3. The van der Waals surface area contributed by atoms with Crippen LogP contribution in [0, 0.1) is 17.2 Å². The number of carbonyl (C=O) groups excluding carboxylic acids is 3. The van der Waals surface area contributed by atoms with E-state index in [1.807, 2.05) is 66.7 Å². The molecule has 4 rings (SSSR count). The summed E-state index contributed by atoms with van der Waals surface area (Å²) in [5, 5.41) is 21.6. The summed E-state index contributed by atoms with van der Waals surface area (Å²) >= 11 is 1.28. The Morgan fingerprint density at radius 2 is 1.73 bits per heavy atom. The number of nitrogens with zero attached hydrogens (tertiary/aromatic N) is 2. The van der Waals surface area contributed by atoms with Crippen molar-refractivity contribution in [3.05, 3.63) is 71.8 Å². The first-order valence-corrected chi connectivity index (χ1v) is 11.6. The number of thioether (sulfide) groups is 1. The molecule has 33 heavy (non-hydrogen) atoms. The predicted octanol–water partition coefficient (Wildman–Crippen LogP) is 1.61. The zero-order valence-corrected chi connectivity index (χ0v) is 18.6. The Morgan fingerprint density at radius 1 is 1.15 bits per heavy atom. The largest absolute Gasteiger partial charge is 0.451 e. The maximum Gasteiger partial charge on any atom is 0.332 e. The van der Waals surface area contributed by atoms with Crippen LogP contribution in [-0.4, -0.2) is 57.1 Å². The molecule has 2 fully saturated rings. The lowest BCUT2D eigenvalue weighted by molar-refractivity contribution is -0.173. The molecule has 2 saturated heterocycles. The van der Waals surface area contributed by atoms with Crippen molar-refractivity contribution in [3.63, 3.8) is 0 Å². The summed E-state index contributed by atoms with van der Waals surface area (Å²) in [7, 11) is 0. The Labute approximate surface area is 195 Å². The average molecular weight is 466 g/mol. The number of rotatable bonds is 6. The van der Waals surface area contributed by atoms with Gasteiger partial charge in [0.25, 0.3) is 0 Å². The van der Waals surface area contributed by atoms with Gasteiger partial charge in [-0.1, -0.05) is 60.7 Å². The third-order valence-electron chi connectivity index (χ3n) is 5.75. The van der Waals surface area contributed by atoms with E-state index in [2.05, 4.69) is 5.32 Å². The van der Waals surface area contributed by atoms with Crippen LogP contribution in [-0.2, 0) is 19.1 Å². The van der Waals surface area contributed by atoms with Crippen LogP contribution < -0.4 is 5.32 Å². The Kier molecular flexibility index (Phi) is 6.67. The number of hydrogen-bond donors (Lipinski definition) is 2. The molecule has 2 aromatic carbocycles. The summed E-state index contributed by atoms with van der Waals surface area (Å²) in [4.78, 5) is 39.4. The Hall–Kier alpha value is -3.35. The summed E-state index contributed by atoms with van der Waals surface area (Å²) < 4.78 is 5.87. The molecule has 0 radical (unpaired) electrons. The molecule has 9 heteroatoms. The lowest BCUT2D eigenvalue weighted by Gasteiger charge is -2.53. The van der Waals surface area contributed by atoms with Gasteiger partial charge in [0.2, 0.25) is 11.8 Å². The standard InChI is InChI=1S/C24H23N3O5S/c1-14(12-25)21(29)26-18-22(30)27-19(17(28)13-33-23(18)27)24(31)32-20(15-8-4-2-5-9-15)16-10-6-3-7-11-16/h2-11,14,17-20,23,28H,13H2,1H3,(H,26,29)/t14?,17?,18-,19-,23-/m1/s1. The number of benzene rings is 2. The van der Waals surface area contributed by atoms with Crippen molar-refractivity contribution in [1.29, 1.82) is 5.26 Å². The number of amides is 2. The highest BCUT2D eigenvalue weighted by Crippen LogP contribution is 2.39. The number of nitrogens with one attached hydrogen (secondary N) is 1. The lowest BCUT2D eigenvalue weighted by Crippen LogP contribution is -2.77. The van der Waals surface area contributed by atoms with E-state index in [9.17, 15) is 19.5 Å². The highest BCUT2D eigenvalue weighted by atomic mass is 32.2. The molecule has 0 saturated carbocycles. The van der Waals surface area contributed by atoms with Gasteiger partial charge in [0.1, 0.15) is 17.3 Å². The van der Waals surface area contributed by atoms with Crippen molar-refractivity contribution in [1.82, 2.24) is 10.2 Å². The van der Waals surface area contributed by atoms with Crippen molar-refractivity contribution >= 4 is 29.5 Å². The molecular formula is C24H23N3O5S. The van der Waals surface area contributed by atoms with Crippen LogP contribution in [0.4, 0.5) is 0 Å². The van der Waals surface area contributed by atoms with Gasteiger partial charge in [-0.15, -0.1) is 11.8 Å². The summed E-state index contributed by atoms with van der Waals surface area (Å²) in [6.45, 7) is 1.45.